The first-order valence-corrected chi connectivity index (χ1v) is 6.87. The molecule has 19 heavy (non-hydrogen) atoms. The lowest BCUT2D eigenvalue weighted by molar-refractivity contribution is 0.0360. The first-order chi connectivity index (χ1) is 9.19. The minimum Gasteiger partial charge on any atom is -0.388 e. The van der Waals surface area contributed by atoms with Crippen molar-refractivity contribution in [3.8, 4) is 0 Å². The summed E-state index contributed by atoms with van der Waals surface area (Å²) in [5.41, 5.74) is 0.785. The van der Waals surface area contributed by atoms with E-state index in [4.69, 9.17) is 4.74 Å². The van der Waals surface area contributed by atoms with E-state index in [1.54, 1.807) is 19.2 Å². The molecule has 4 heteroatoms. The Balaban J connectivity index is 1.75. The van der Waals surface area contributed by atoms with Crippen molar-refractivity contribution in [3.63, 3.8) is 0 Å². The summed E-state index contributed by atoms with van der Waals surface area (Å²) in [4.78, 5) is 2.35. The minimum atomic E-state index is -0.513. The number of methoxy groups -OCH3 is 1. The number of hydrogen-bond acceptors (Lipinski definition) is 3. The number of hydrogen-bond donors (Lipinski definition) is 1. The molecule has 2 rings (SSSR count). The normalized spacial score (nSPS) is 19.5. The zero-order valence-corrected chi connectivity index (χ0v) is 11.4. The average molecular weight is 267 g/mol. The molecule has 1 fully saturated rings. The van der Waals surface area contributed by atoms with Gasteiger partial charge >= 0.3 is 0 Å². The van der Waals surface area contributed by atoms with E-state index in [0.717, 1.165) is 38.0 Å². The van der Waals surface area contributed by atoms with E-state index in [9.17, 15) is 9.50 Å². The second-order valence-electron chi connectivity index (χ2n) is 5.13. The molecule has 1 aromatic carbocycles. The number of nitrogens with zero attached hydrogens (tertiary/aromatic N) is 1. The van der Waals surface area contributed by atoms with Crippen LogP contribution >= 0.6 is 0 Å². The highest BCUT2D eigenvalue weighted by Crippen LogP contribution is 2.19. The summed E-state index contributed by atoms with van der Waals surface area (Å²) in [7, 11) is 1.76. The van der Waals surface area contributed by atoms with Crippen molar-refractivity contribution >= 4 is 0 Å². The predicted molar refractivity (Wildman–Crippen MR) is 72.4 cm³/mol. The SMILES string of the molecule is COC1CCN(CCC(O)c2ccc(F)cc2)CC1. The van der Waals surface area contributed by atoms with Gasteiger partial charge in [0.05, 0.1) is 12.2 Å². The third-order valence-corrected chi connectivity index (χ3v) is 3.84. The lowest BCUT2D eigenvalue weighted by Gasteiger charge is -2.31. The van der Waals surface area contributed by atoms with Crippen LogP contribution in [0, 0.1) is 5.82 Å². The molecule has 1 aliphatic heterocycles. The van der Waals surface area contributed by atoms with Gasteiger partial charge in [-0.2, -0.15) is 0 Å². The number of benzene rings is 1. The van der Waals surface area contributed by atoms with Gasteiger partial charge < -0.3 is 14.7 Å². The summed E-state index contributed by atoms with van der Waals surface area (Å²) < 4.78 is 18.1. The van der Waals surface area contributed by atoms with Gasteiger partial charge in [0.25, 0.3) is 0 Å². The van der Waals surface area contributed by atoms with Gasteiger partial charge in [-0.15, -0.1) is 0 Å². The Morgan fingerprint density at radius 1 is 1.32 bits per heavy atom. The Kier molecular flexibility index (Phi) is 5.31. The first-order valence-electron chi connectivity index (χ1n) is 6.87. The molecule has 0 spiro atoms. The molecule has 1 aromatic rings. The zero-order chi connectivity index (χ0) is 13.7. The van der Waals surface area contributed by atoms with Crippen molar-refractivity contribution in [2.75, 3.05) is 26.7 Å². The number of piperidine rings is 1. The van der Waals surface area contributed by atoms with E-state index in [1.807, 2.05) is 0 Å². The summed E-state index contributed by atoms with van der Waals surface area (Å²) in [5.74, 6) is -0.266. The van der Waals surface area contributed by atoms with E-state index in [1.165, 1.54) is 12.1 Å². The largest absolute Gasteiger partial charge is 0.388 e. The molecular formula is C15H22FNO2. The van der Waals surface area contributed by atoms with Crippen LogP contribution in [-0.4, -0.2) is 42.9 Å². The van der Waals surface area contributed by atoms with Crippen LogP contribution in [0.1, 0.15) is 30.9 Å². The highest BCUT2D eigenvalue weighted by atomic mass is 19.1. The molecule has 0 aromatic heterocycles. The molecule has 1 aliphatic rings. The van der Waals surface area contributed by atoms with Gasteiger partial charge in [0.2, 0.25) is 0 Å². The van der Waals surface area contributed by atoms with Crippen LogP contribution in [0.3, 0.4) is 0 Å². The van der Waals surface area contributed by atoms with E-state index in [-0.39, 0.29) is 5.82 Å². The smallest absolute Gasteiger partial charge is 0.123 e. The van der Waals surface area contributed by atoms with Gasteiger partial charge in [-0.25, -0.2) is 4.39 Å². The van der Waals surface area contributed by atoms with Crippen molar-refractivity contribution in [1.82, 2.24) is 4.90 Å². The van der Waals surface area contributed by atoms with Crippen LogP contribution in [0.15, 0.2) is 24.3 Å². The second kappa shape index (κ2) is 6.98. The number of likely N-dealkylation sites (tertiary alicyclic amines) is 1. The maximum Gasteiger partial charge on any atom is 0.123 e. The Labute approximate surface area is 114 Å². The fourth-order valence-electron chi connectivity index (χ4n) is 2.53. The molecule has 1 saturated heterocycles. The summed E-state index contributed by atoms with van der Waals surface area (Å²) in [6.45, 7) is 2.91. The monoisotopic (exact) mass is 267 g/mol. The van der Waals surface area contributed by atoms with Crippen LogP contribution in [0.4, 0.5) is 4.39 Å². The van der Waals surface area contributed by atoms with Crippen LogP contribution < -0.4 is 0 Å². The molecule has 106 valence electrons. The van der Waals surface area contributed by atoms with Gasteiger partial charge in [0, 0.05) is 26.7 Å². The number of rotatable bonds is 5. The first kappa shape index (κ1) is 14.4. The van der Waals surface area contributed by atoms with Crippen LogP contribution in [-0.2, 0) is 4.74 Å². The maximum atomic E-state index is 12.8. The molecule has 0 radical (unpaired) electrons. The van der Waals surface area contributed by atoms with Gasteiger partial charge in [-0.05, 0) is 37.0 Å². The van der Waals surface area contributed by atoms with Crippen molar-refractivity contribution in [2.45, 2.75) is 31.5 Å². The van der Waals surface area contributed by atoms with Crippen LogP contribution in [0.25, 0.3) is 0 Å². The molecule has 0 saturated carbocycles. The van der Waals surface area contributed by atoms with Gasteiger partial charge in [0.1, 0.15) is 5.82 Å². The molecule has 1 atom stereocenters. The molecule has 0 amide bonds. The quantitative estimate of drug-likeness (QED) is 0.889. The maximum absolute atomic E-state index is 12.8. The lowest BCUT2D eigenvalue weighted by Crippen LogP contribution is -2.37. The van der Waals surface area contributed by atoms with E-state index in [2.05, 4.69) is 4.90 Å². The number of aliphatic hydroxyl groups excluding tert-OH is 1. The third kappa shape index (κ3) is 4.27. The van der Waals surface area contributed by atoms with Crippen molar-refractivity contribution in [2.24, 2.45) is 0 Å². The summed E-state index contributed by atoms with van der Waals surface area (Å²) in [5, 5.41) is 10.1. The topological polar surface area (TPSA) is 32.7 Å². The second-order valence-corrected chi connectivity index (χ2v) is 5.13. The number of ether oxygens (including phenoxy) is 1. The highest BCUT2D eigenvalue weighted by molar-refractivity contribution is 5.18. The molecule has 1 N–H and O–H groups in total. The molecule has 0 aliphatic carbocycles. The molecule has 3 nitrogen and oxygen atoms in total. The molecule has 1 unspecified atom stereocenters. The van der Waals surface area contributed by atoms with Crippen molar-refractivity contribution in [1.29, 1.82) is 0 Å². The summed E-state index contributed by atoms with van der Waals surface area (Å²) in [6.07, 6.45) is 2.68. The molecular weight excluding hydrogens is 245 g/mol. The standard InChI is InChI=1S/C15H22FNO2/c1-19-14-6-9-17(10-7-14)11-8-15(18)12-2-4-13(16)5-3-12/h2-5,14-15,18H,6-11H2,1H3. The van der Waals surface area contributed by atoms with E-state index < -0.39 is 6.10 Å². The Bertz CT molecular complexity index is 374. The van der Waals surface area contributed by atoms with Crippen molar-refractivity contribution in [3.05, 3.63) is 35.6 Å². The molecule has 1 heterocycles. The van der Waals surface area contributed by atoms with E-state index in [0.29, 0.717) is 12.5 Å². The highest BCUT2D eigenvalue weighted by Gasteiger charge is 2.19. The van der Waals surface area contributed by atoms with Crippen LogP contribution in [0.2, 0.25) is 0 Å². The fourth-order valence-corrected chi connectivity index (χ4v) is 2.53. The predicted octanol–water partition coefficient (Wildman–Crippen LogP) is 2.36. The fraction of sp³-hybridized carbons (Fsp3) is 0.600. The number of halogens is 1. The van der Waals surface area contributed by atoms with E-state index >= 15 is 0 Å². The molecule has 0 bridgehead atoms. The zero-order valence-electron chi connectivity index (χ0n) is 11.4. The number of aliphatic hydroxyl groups is 1. The minimum absolute atomic E-state index is 0.266. The summed E-state index contributed by atoms with van der Waals surface area (Å²) >= 11 is 0. The van der Waals surface area contributed by atoms with Crippen molar-refractivity contribution < 1.29 is 14.2 Å². The van der Waals surface area contributed by atoms with Gasteiger partial charge in [-0.3, -0.25) is 0 Å². The van der Waals surface area contributed by atoms with Crippen LogP contribution in [0.5, 0.6) is 0 Å². The lowest BCUT2D eigenvalue weighted by atomic mass is 10.0. The third-order valence-electron chi connectivity index (χ3n) is 3.84. The Hall–Kier alpha value is -0.970. The average Bonchev–Trinajstić information content (AvgIpc) is 2.46. The Morgan fingerprint density at radius 3 is 2.53 bits per heavy atom. The van der Waals surface area contributed by atoms with Gasteiger partial charge in [-0.1, -0.05) is 12.1 Å². The van der Waals surface area contributed by atoms with Gasteiger partial charge in [0.15, 0.2) is 0 Å². The summed E-state index contributed by atoms with van der Waals surface area (Å²) in [6, 6.07) is 6.08. The Morgan fingerprint density at radius 2 is 1.95 bits per heavy atom.